The number of carbonyl (C=O) groups excluding carboxylic acids is 3. The molecule has 0 aliphatic carbocycles. The van der Waals surface area contributed by atoms with Crippen molar-refractivity contribution >= 4 is 35.2 Å². The predicted molar refractivity (Wildman–Crippen MR) is 174 cm³/mol. The van der Waals surface area contributed by atoms with Gasteiger partial charge in [0.1, 0.15) is 24.7 Å². The lowest BCUT2D eigenvalue weighted by Gasteiger charge is -2.17. The number of aromatic nitrogens is 2. The van der Waals surface area contributed by atoms with E-state index in [9.17, 15) is 24.3 Å². The fourth-order valence-electron chi connectivity index (χ4n) is 4.39. The van der Waals surface area contributed by atoms with Gasteiger partial charge in [0, 0.05) is 42.4 Å². The summed E-state index contributed by atoms with van der Waals surface area (Å²) in [5.74, 6) is -0.900. The number of phenolic OH excluding ortho intramolecular Hbond substituents is 1. The zero-order chi connectivity index (χ0) is 33.2. The molecule has 0 saturated carbocycles. The van der Waals surface area contributed by atoms with Crippen molar-refractivity contribution in [2.75, 3.05) is 10.6 Å². The summed E-state index contributed by atoms with van der Waals surface area (Å²) >= 11 is 0. The van der Waals surface area contributed by atoms with Crippen molar-refractivity contribution in [3.05, 3.63) is 106 Å². The van der Waals surface area contributed by atoms with Gasteiger partial charge in [-0.1, -0.05) is 54.6 Å². The molecule has 3 aromatic carbocycles. The number of aromatic hydroxyl groups is 1. The van der Waals surface area contributed by atoms with Crippen LogP contribution in [0.2, 0.25) is 0 Å². The Morgan fingerprint density at radius 3 is 2.41 bits per heavy atom. The molecule has 0 saturated heterocycles. The van der Waals surface area contributed by atoms with Crippen LogP contribution in [0.15, 0.2) is 88.8 Å². The highest BCUT2D eigenvalue weighted by Gasteiger charge is 2.17. The number of amides is 3. The minimum absolute atomic E-state index is 0.0161. The second kappa shape index (κ2) is 15.1. The third-order valence-electron chi connectivity index (χ3n) is 6.47. The number of phenols is 1. The van der Waals surface area contributed by atoms with E-state index in [-0.39, 0.29) is 54.7 Å². The van der Waals surface area contributed by atoms with Crippen LogP contribution < -0.4 is 27.2 Å². The van der Waals surface area contributed by atoms with Crippen LogP contribution in [0.4, 0.5) is 16.3 Å². The van der Waals surface area contributed by atoms with Crippen molar-refractivity contribution in [3.8, 4) is 17.0 Å². The molecule has 0 spiro atoms. The fourth-order valence-corrected chi connectivity index (χ4v) is 4.39. The monoisotopic (exact) mass is 625 g/mol. The molecule has 0 fully saturated rings. The normalized spacial score (nSPS) is 11.2. The van der Waals surface area contributed by atoms with Gasteiger partial charge in [-0.2, -0.15) is 4.99 Å². The highest BCUT2D eigenvalue weighted by Crippen LogP contribution is 2.27. The third-order valence-corrected chi connectivity index (χ3v) is 6.47. The molecule has 13 heteroatoms. The molecule has 1 aromatic heterocycles. The number of hydrogen-bond acceptors (Lipinski definition) is 8. The Bertz CT molecular complexity index is 1800. The van der Waals surface area contributed by atoms with Crippen LogP contribution in [0.3, 0.4) is 0 Å². The summed E-state index contributed by atoms with van der Waals surface area (Å²) in [6.07, 6.45) is 0.612. The molecule has 1 heterocycles. The first-order chi connectivity index (χ1) is 22.0. The number of rotatable bonds is 11. The molecule has 0 aliphatic rings. The Labute approximate surface area is 265 Å². The summed E-state index contributed by atoms with van der Waals surface area (Å²) in [6, 6.07) is 20.2. The maximum absolute atomic E-state index is 13.4. The number of ether oxygens (including phenoxy) is 1. The van der Waals surface area contributed by atoms with E-state index in [0.29, 0.717) is 16.8 Å². The maximum atomic E-state index is 13.4. The van der Waals surface area contributed by atoms with Crippen LogP contribution in [0.1, 0.15) is 37.5 Å². The summed E-state index contributed by atoms with van der Waals surface area (Å²) in [7, 11) is 0. The van der Waals surface area contributed by atoms with Crippen LogP contribution in [0, 0.1) is 0 Å². The lowest BCUT2D eigenvalue weighted by Crippen LogP contribution is -2.35. The number of anilines is 2. The van der Waals surface area contributed by atoms with Gasteiger partial charge in [-0.25, -0.2) is 9.78 Å². The molecular weight excluding hydrogens is 590 g/mol. The van der Waals surface area contributed by atoms with Gasteiger partial charge in [0.2, 0.25) is 11.8 Å². The number of nitrogens with zero attached hydrogens (tertiary/aromatic N) is 3. The highest BCUT2D eigenvalue weighted by atomic mass is 16.5. The minimum Gasteiger partial charge on any atom is -0.508 e. The molecule has 0 atom stereocenters. The predicted octanol–water partition coefficient (Wildman–Crippen LogP) is 3.75. The number of aliphatic imine (C=N–C) groups is 1. The number of nitrogens with two attached hydrogens (primary N) is 1. The Morgan fingerprint density at radius 1 is 1.02 bits per heavy atom. The summed E-state index contributed by atoms with van der Waals surface area (Å²) in [6.45, 7) is 4.90. The van der Waals surface area contributed by atoms with Crippen molar-refractivity contribution in [2.24, 2.45) is 10.7 Å². The van der Waals surface area contributed by atoms with Gasteiger partial charge in [0.05, 0.1) is 11.9 Å². The zero-order valence-corrected chi connectivity index (χ0v) is 25.6. The van der Waals surface area contributed by atoms with Crippen molar-refractivity contribution in [1.82, 2.24) is 14.9 Å². The van der Waals surface area contributed by atoms with Crippen molar-refractivity contribution in [3.63, 3.8) is 0 Å². The molecule has 46 heavy (non-hydrogen) atoms. The van der Waals surface area contributed by atoms with Gasteiger partial charge in [0.25, 0.3) is 5.56 Å². The lowest BCUT2D eigenvalue weighted by molar-refractivity contribution is -0.121. The van der Waals surface area contributed by atoms with Crippen LogP contribution in [-0.4, -0.2) is 44.4 Å². The van der Waals surface area contributed by atoms with E-state index in [0.717, 1.165) is 11.1 Å². The average molecular weight is 626 g/mol. The zero-order valence-electron chi connectivity index (χ0n) is 25.6. The first kappa shape index (κ1) is 32.9. The van der Waals surface area contributed by atoms with Crippen LogP contribution in [0.5, 0.6) is 5.75 Å². The number of benzene rings is 3. The summed E-state index contributed by atoms with van der Waals surface area (Å²) < 4.78 is 6.39. The number of amidine groups is 1. The molecule has 0 unspecified atom stereocenters. The molecule has 6 N–H and O–H groups in total. The van der Waals surface area contributed by atoms with E-state index in [2.05, 4.69) is 25.9 Å². The molecule has 13 nitrogen and oxygen atoms in total. The molecule has 0 aliphatic heterocycles. The van der Waals surface area contributed by atoms with Gasteiger partial charge in [0.15, 0.2) is 5.82 Å². The highest BCUT2D eigenvalue weighted by molar-refractivity contribution is 6.02. The molecular formula is C33H35N7O6. The van der Waals surface area contributed by atoms with E-state index in [1.54, 1.807) is 30.3 Å². The van der Waals surface area contributed by atoms with E-state index in [1.165, 1.54) is 29.8 Å². The number of nitrogens with one attached hydrogen (secondary N) is 3. The summed E-state index contributed by atoms with van der Waals surface area (Å²) in [4.78, 5) is 58.2. The Balaban J connectivity index is 1.45. The maximum Gasteiger partial charge on any atom is 0.435 e. The number of hydrogen-bond donors (Lipinski definition) is 5. The van der Waals surface area contributed by atoms with E-state index < -0.39 is 17.6 Å². The average Bonchev–Trinajstić information content (AvgIpc) is 3.01. The Hall–Kier alpha value is -5.98. The molecule has 238 valence electrons. The second-order valence-corrected chi connectivity index (χ2v) is 10.6. The molecule has 4 aromatic rings. The summed E-state index contributed by atoms with van der Waals surface area (Å²) in [5.41, 5.74) is 8.45. The Morgan fingerprint density at radius 2 is 1.74 bits per heavy atom. The number of carbonyl (C=O) groups is 3. The van der Waals surface area contributed by atoms with Gasteiger partial charge < -0.3 is 31.5 Å². The van der Waals surface area contributed by atoms with Crippen LogP contribution in [0.25, 0.3) is 11.3 Å². The first-order valence-electron chi connectivity index (χ1n) is 14.4. The van der Waals surface area contributed by atoms with Gasteiger partial charge >= 0.3 is 6.09 Å². The minimum atomic E-state index is -0.813. The van der Waals surface area contributed by atoms with Gasteiger partial charge in [-0.15, -0.1) is 0 Å². The van der Waals surface area contributed by atoms with E-state index >= 15 is 0 Å². The largest absolute Gasteiger partial charge is 0.508 e. The molecule has 0 bridgehead atoms. The Kier molecular flexibility index (Phi) is 10.8. The molecule has 0 radical (unpaired) electrons. The standard InChI is InChI=1S/C33H35N7O6/c1-20(2)37-31-32(44)40(28(17-36-31)25-13-26(38-21(3)41)15-27(42)14-25)18-29(43)35-16-22-9-11-24(12-10-22)30(34)39-33(45)46-19-23-7-5-4-6-8-23/h4-15,17,20,42H,16,18-19H2,1-3H3,(H,35,43)(H,36,37)(H,38,41)(H2,34,39,45). The van der Waals surface area contributed by atoms with Crippen LogP contribution in [-0.2, 0) is 34.0 Å². The van der Waals surface area contributed by atoms with Crippen LogP contribution >= 0.6 is 0 Å². The van der Waals surface area contributed by atoms with Gasteiger partial charge in [-0.3, -0.25) is 19.0 Å². The smallest absolute Gasteiger partial charge is 0.435 e. The fraction of sp³-hybridized carbons (Fsp3) is 0.212. The van der Waals surface area contributed by atoms with Crippen molar-refractivity contribution in [2.45, 2.75) is 46.5 Å². The molecule has 3 amide bonds. The lowest BCUT2D eigenvalue weighted by atomic mass is 10.1. The quantitative estimate of drug-likeness (QED) is 0.122. The second-order valence-electron chi connectivity index (χ2n) is 10.6. The van der Waals surface area contributed by atoms with Crippen molar-refractivity contribution < 1.29 is 24.2 Å². The summed E-state index contributed by atoms with van der Waals surface area (Å²) in [5, 5.41) is 18.6. The van der Waals surface area contributed by atoms with E-state index in [4.69, 9.17) is 10.5 Å². The molecule has 4 rings (SSSR count). The van der Waals surface area contributed by atoms with Crippen molar-refractivity contribution in [1.29, 1.82) is 0 Å². The topological polar surface area (TPSA) is 190 Å². The first-order valence-corrected chi connectivity index (χ1v) is 14.4. The SMILES string of the molecule is CC(=O)Nc1cc(O)cc(-c2cnc(NC(C)C)c(=O)n2CC(=O)NCc2ccc(C(N)=NC(=O)OCc3ccccc3)cc2)c1. The van der Waals surface area contributed by atoms with Gasteiger partial charge in [-0.05, 0) is 37.1 Å². The third kappa shape index (κ3) is 9.26. The van der Waals surface area contributed by atoms with E-state index in [1.807, 2.05) is 44.2 Å².